The molecule has 1 aromatic carbocycles. The van der Waals surface area contributed by atoms with Gasteiger partial charge in [-0.3, -0.25) is 4.79 Å². The Balaban J connectivity index is 1.87. The molecule has 2 aliphatic rings. The Labute approximate surface area is 138 Å². The predicted molar refractivity (Wildman–Crippen MR) is 91.3 cm³/mol. The second-order valence-electron chi connectivity index (χ2n) is 6.31. The van der Waals surface area contributed by atoms with Crippen LogP contribution in [0, 0.1) is 0 Å². The van der Waals surface area contributed by atoms with Crippen molar-refractivity contribution in [2.45, 2.75) is 19.5 Å². The molecule has 124 valence electrons. The quantitative estimate of drug-likeness (QED) is 0.817. The van der Waals surface area contributed by atoms with Crippen molar-refractivity contribution in [2.75, 3.05) is 19.6 Å². The standard InChI is InChI=1S/C17H18N4O3/c1-10-7-20(6-5-18-10)14-9-21-8-12(17(23)24)16(22)11-3-2-4-13(19-14)15(11)21/h2-4,8,10,18H,5-7,9H2,1H3,(H,23,24). The Kier molecular flexibility index (Phi) is 3.38. The third kappa shape index (κ3) is 2.28. The minimum Gasteiger partial charge on any atom is -0.477 e. The summed E-state index contributed by atoms with van der Waals surface area (Å²) in [5, 5.41) is 13.1. The number of hydrogen-bond acceptors (Lipinski definition) is 5. The third-order valence-corrected chi connectivity index (χ3v) is 4.60. The maximum absolute atomic E-state index is 12.4. The number of hydrogen-bond donors (Lipinski definition) is 2. The van der Waals surface area contributed by atoms with Crippen LogP contribution in [0.4, 0.5) is 5.69 Å². The normalized spacial score (nSPS) is 20.1. The molecule has 1 fully saturated rings. The molecule has 0 bridgehead atoms. The lowest BCUT2D eigenvalue weighted by atomic mass is 10.1. The summed E-state index contributed by atoms with van der Waals surface area (Å²) in [5.74, 6) is -0.292. The molecule has 1 atom stereocenters. The average Bonchev–Trinajstić information content (AvgIpc) is 2.57. The predicted octanol–water partition coefficient (Wildman–Crippen LogP) is 1.04. The molecule has 0 saturated carbocycles. The molecule has 2 aromatic rings. The van der Waals surface area contributed by atoms with Gasteiger partial charge in [-0.15, -0.1) is 0 Å². The topological polar surface area (TPSA) is 86.9 Å². The van der Waals surface area contributed by atoms with Crippen molar-refractivity contribution in [2.24, 2.45) is 4.99 Å². The molecule has 3 heterocycles. The minimum atomic E-state index is -1.20. The lowest BCUT2D eigenvalue weighted by molar-refractivity contribution is 0.0695. The first kappa shape index (κ1) is 14.9. The van der Waals surface area contributed by atoms with E-state index in [0.717, 1.165) is 25.5 Å². The molecule has 7 nitrogen and oxygen atoms in total. The second-order valence-corrected chi connectivity index (χ2v) is 6.31. The van der Waals surface area contributed by atoms with Crippen LogP contribution in [-0.2, 0) is 6.54 Å². The molecule has 24 heavy (non-hydrogen) atoms. The van der Waals surface area contributed by atoms with Crippen molar-refractivity contribution in [3.63, 3.8) is 0 Å². The van der Waals surface area contributed by atoms with Crippen LogP contribution < -0.4 is 10.7 Å². The summed E-state index contributed by atoms with van der Waals surface area (Å²) in [6.07, 6.45) is 1.44. The molecule has 1 aromatic heterocycles. The van der Waals surface area contributed by atoms with Gasteiger partial charge in [0.2, 0.25) is 5.43 Å². The smallest absolute Gasteiger partial charge is 0.341 e. The SMILES string of the molecule is CC1CN(C2=Nc3cccc4c(=O)c(C(=O)O)cn(c34)C2)CCN1. The second kappa shape index (κ2) is 5.45. The molecule has 0 aliphatic carbocycles. The number of aromatic carboxylic acids is 1. The molecule has 2 N–H and O–H groups in total. The highest BCUT2D eigenvalue weighted by Crippen LogP contribution is 2.29. The number of aliphatic imine (C=N–C) groups is 1. The average molecular weight is 326 g/mol. The van der Waals surface area contributed by atoms with Crippen LogP contribution in [0.25, 0.3) is 10.9 Å². The number of carboxylic acids is 1. The van der Waals surface area contributed by atoms with Crippen LogP contribution in [0.3, 0.4) is 0 Å². The number of aromatic nitrogens is 1. The lowest BCUT2D eigenvalue weighted by Gasteiger charge is -2.36. The summed E-state index contributed by atoms with van der Waals surface area (Å²) in [7, 11) is 0. The monoisotopic (exact) mass is 326 g/mol. The molecule has 7 heteroatoms. The summed E-state index contributed by atoms with van der Waals surface area (Å²) in [5.41, 5.74) is 0.771. The molecule has 4 rings (SSSR count). The number of benzene rings is 1. The van der Waals surface area contributed by atoms with E-state index in [1.54, 1.807) is 12.1 Å². The van der Waals surface area contributed by atoms with E-state index < -0.39 is 11.4 Å². The lowest BCUT2D eigenvalue weighted by Crippen LogP contribution is -2.52. The zero-order valence-corrected chi connectivity index (χ0v) is 13.3. The highest BCUT2D eigenvalue weighted by molar-refractivity contribution is 6.00. The fraction of sp³-hybridized carbons (Fsp3) is 0.353. The largest absolute Gasteiger partial charge is 0.477 e. The number of para-hydroxylation sites is 1. The number of nitrogens with zero attached hydrogens (tertiary/aromatic N) is 3. The minimum absolute atomic E-state index is 0.199. The summed E-state index contributed by atoms with van der Waals surface area (Å²) in [6.45, 7) is 5.21. The van der Waals surface area contributed by atoms with Gasteiger partial charge in [0.1, 0.15) is 11.4 Å². The van der Waals surface area contributed by atoms with Crippen molar-refractivity contribution < 1.29 is 9.90 Å². The van der Waals surface area contributed by atoms with Crippen molar-refractivity contribution >= 4 is 28.4 Å². The molecule has 0 radical (unpaired) electrons. The third-order valence-electron chi connectivity index (χ3n) is 4.60. The molecule has 2 aliphatic heterocycles. The summed E-state index contributed by atoms with van der Waals surface area (Å²) in [4.78, 5) is 30.7. The number of carbonyl (C=O) groups is 1. The molecule has 1 saturated heterocycles. The Hall–Kier alpha value is -2.67. The van der Waals surface area contributed by atoms with E-state index in [1.165, 1.54) is 6.20 Å². The zero-order chi connectivity index (χ0) is 16.8. The number of rotatable bonds is 1. The van der Waals surface area contributed by atoms with Crippen LogP contribution in [0.1, 0.15) is 17.3 Å². The van der Waals surface area contributed by atoms with Gasteiger partial charge in [0.25, 0.3) is 0 Å². The van der Waals surface area contributed by atoms with Gasteiger partial charge >= 0.3 is 5.97 Å². The van der Waals surface area contributed by atoms with E-state index in [9.17, 15) is 14.7 Å². The van der Waals surface area contributed by atoms with Crippen molar-refractivity contribution in [3.05, 3.63) is 40.2 Å². The van der Waals surface area contributed by atoms with Gasteiger partial charge in [0, 0.05) is 37.3 Å². The van der Waals surface area contributed by atoms with E-state index >= 15 is 0 Å². The van der Waals surface area contributed by atoms with E-state index in [-0.39, 0.29) is 5.56 Å². The first-order valence-corrected chi connectivity index (χ1v) is 8.00. The van der Waals surface area contributed by atoms with Gasteiger partial charge in [-0.05, 0) is 19.1 Å². The molecule has 0 spiro atoms. The molecular formula is C17H18N4O3. The van der Waals surface area contributed by atoms with Crippen molar-refractivity contribution in [1.82, 2.24) is 14.8 Å². The van der Waals surface area contributed by atoms with E-state index in [0.29, 0.717) is 29.2 Å². The Morgan fingerprint density at radius 1 is 1.42 bits per heavy atom. The summed E-state index contributed by atoms with van der Waals surface area (Å²) < 4.78 is 1.84. The zero-order valence-electron chi connectivity index (χ0n) is 13.3. The van der Waals surface area contributed by atoms with Gasteiger partial charge in [-0.25, -0.2) is 9.79 Å². The highest BCUT2D eigenvalue weighted by atomic mass is 16.4. The maximum Gasteiger partial charge on any atom is 0.341 e. The summed E-state index contributed by atoms with van der Waals surface area (Å²) in [6, 6.07) is 5.66. The molecule has 1 unspecified atom stereocenters. The van der Waals surface area contributed by atoms with Crippen LogP contribution in [-0.4, -0.2) is 52.1 Å². The number of piperazine rings is 1. The van der Waals surface area contributed by atoms with Crippen molar-refractivity contribution in [3.8, 4) is 0 Å². The van der Waals surface area contributed by atoms with Crippen LogP contribution in [0.5, 0.6) is 0 Å². The van der Waals surface area contributed by atoms with E-state index in [1.807, 2.05) is 10.6 Å². The van der Waals surface area contributed by atoms with Gasteiger partial charge in [-0.1, -0.05) is 6.07 Å². The Bertz CT molecular complexity index is 931. The first-order valence-electron chi connectivity index (χ1n) is 8.00. The number of nitrogens with one attached hydrogen (secondary N) is 1. The van der Waals surface area contributed by atoms with Gasteiger partial charge in [-0.2, -0.15) is 0 Å². The van der Waals surface area contributed by atoms with E-state index in [2.05, 4.69) is 17.1 Å². The van der Waals surface area contributed by atoms with Gasteiger partial charge < -0.3 is 19.9 Å². The number of pyridine rings is 1. The summed E-state index contributed by atoms with van der Waals surface area (Å²) >= 11 is 0. The Morgan fingerprint density at radius 3 is 3.00 bits per heavy atom. The maximum atomic E-state index is 12.4. The van der Waals surface area contributed by atoms with Crippen LogP contribution in [0.2, 0.25) is 0 Å². The fourth-order valence-electron chi connectivity index (χ4n) is 3.47. The van der Waals surface area contributed by atoms with Gasteiger partial charge in [0.05, 0.1) is 17.7 Å². The van der Waals surface area contributed by atoms with Crippen LogP contribution in [0.15, 0.2) is 34.2 Å². The Morgan fingerprint density at radius 2 is 2.25 bits per heavy atom. The molecular weight excluding hydrogens is 308 g/mol. The molecule has 0 amide bonds. The first-order chi connectivity index (χ1) is 11.5. The number of carboxylic acid groups (broad SMARTS) is 1. The number of amidine groups is 1. The van der Waals surface area contributed by atoms with Crippen molar-refractivity contribution in [1.29, 1.82) is 0 Å². The van der Waals surface area contributed by atoms with E-state index in [4.69, 9.17) is 4.99 Å². The van der Waals surface area contributed by atoms with Gasteiger partial charge in [0.15, 0.2) is 0 Å². The fourth-order valence-corrected chi connectivity index (χ4v) is 3.47. The highest BCUT2D eigenvalue weighted by Gasteiger charge is 2.25. The van der Waals surface area contributed by atoms with Crippen LogP contribution >= 0.6 is 0 Å².